The van der Waals surface area contributed by atoms with E-state index in [-0.39, 0.29) is 11.3 Å². The molecule has 0 amide bonds. The topological polar surface area (TPSA) is 26.3 Å². The Labute approximate surface area is 111 Å². The fraction of sp³-hybridized carbons (Fsp3) is 0.188. The highest BCUT2D eigenvalue weighted by atomic mass is 19.1. The molecule has 0 aliphatic rings. The largest absolute Gasteiger partial charge is 0.492 e. The number of halogens is 1. The fourth-order valence-corrected chi connectivity index (χ4v) is 1.89. The first-order chi connectivity index (χ1) is 9.18. The number of rotatable bonds is 5. The van der Waals surface area contributed by atoms with Crippen molar-refractivity contribution in [1.29, 1.82) is 0 Å². The van der Waals surface area contributed by atoms with Gasteiger partial charge in [0, 0.05) is 6.42 Å². The second kappa shape index (κ2) is 6.14. The van der Waals surface area contributed by atoms with Crippen molar-refractivity contribution in [2.75, 3.05) is 6.61 Å². The van der Waals surface area contributed by atoms with E-state index < -0.39 is 5.82 Å². The third kappa shape index (κ3) is 3.41. The molecule has 0 aliphatic heterocycles. The number of carbonyl (C=O) groups excluding carboxylic acids is 1. The minimum atomic E-state index is -0.537. The Morgan fingerprint density at radius 1 is 1.11 bits per heavy atom. The lowest BCUT2D eigenvalue weighted by atomic mass is 10.1. The third-order valence-electron chi connectivity index (χ3n) is 2.82. The number of hydrogen-bond acceptors (Lipinski definition) is 2. The molecule has 2 aromatic carbocycles. The molecular weight excluding hydrogens is 243 g/mol. The van der Waals surface area contributed by atoms with Gasteiger partial charge in [0.25, 0.3) is 0 Å². The highest BCUT2D eigenvalue weighted by Gasteiger charge is 2.13. The van der Waals surface area contributed by atoms with E-state index in [1.165, 1.54) is 13.0 Å². The Balaban J connectivity index is 2.04. The fourth-order valence-electron chi connectivity index (χ4n) is 1.89. The second-order valence-corrected chi connectivity index (χ2v) is 4.25. The summed E-state index contributed by atoms with van der Waals surface area (Å²) in [5.74, 6) is -0.555. The van der Waals surface area contributed by atoms with E-state index in [0.717, 1.165) is 5.56 Å². The first-order valence-corrected chi connectivity index (χ1v) is 6.14. The maximum Gasteiger partial charge on any atom is 0.166 e. The van der Waals surface area contributed by atoms with Gasteiger partial charge in [-0.1, -0.05) is 36.4 Å². The molecule has 0 saturated carbocycles. The van der Waals surface area contributed by atoms with Crippen molar-refractivity contribution in [2.45, 2.75) is 13.3 Å². The molecule has 0 saturated heterocycles. The summed E-state index contributed by atoms with van der Waals surface area (Å²) in [4.78, 5) is 11.4. The van der Waals surface area contributed by atoms with Crippen molar-refractivity contribution in [2.24, 2.45) is 0 Å². The predicted molar refractivity (Wildman–Crippen MR) is 72.0 cm³/mol. The van der Waals surface area contributed by atoms with Crippen LogP contribution in [0.25, 0.3) is 0 Å². The van der Waals surface area contributed by atoms with E-state index in [0.29, 0.717) is 18.8 Å². The molecule has 0 bridgehead atoms. The molecule has 0 radical (unpaired) electrons. The normalized spacial score (nSPS) is 10.2. The van der Waals surface area contributed by atoms with Crippen molar-refractivity contribution in [1.82, 2.24) is 0 Å². The van der Waals surface area contributed by atoms with Crippen molar-refractivity contribution >= 4 is 5.78 Å². The first kappa shape index (κ1) is 13.3. The molecule has 19 heavy (non-hydrogen) atoms. The lowest BCUT2D eigenvalue weighted by molar-refractivity contribution is 0.101. The Bertz CT molecular complexity index is 564. The molecule has 0 spiro atoms. The zero-order chi connectivity index (χ0) is 13.7. The number of carbonyl (C=O) groups is 1. The van der Waals surface area contributed by atoms with Crippen molar-refractivity contribution in [3.05, 3.63) is 65.5 Å². The van der Waals surface area contributed by atoms with Gasteiger partial charge in [-0.05, 0) is 24.6 Å². The van der Waals surface area contributed by atoms with Gasteiger partial charge in [0.1, 0.15) is 11.6 Å². The average molecular weight is 258 g/mol. The number of hydrogen-bond donors (Lipinski definition) is 0. The SMILES string of the molecule is CC(=O)c1c(F)cccc1OCCc1ccccc1. The van der Waals surface area contributed by atoms with Crippen LogP contribution in [0.15, 0.2) is 48.5 Å². The summed E-state index contributed by atoms with van der Waals surface area (Å²) in [6.45, 7) is 1.75. The molecule has 2 rings (SSSR count). The van der Waals surface area contributed by atoms with Crippen LogP contribution in [0.4, 0.5) is 4.39 Å². The predicted octanol–water partition coefficient (Wildman–Crippen LogP) is 3.65. The van der Waals surface area contributed by atoms with E-state index in [9.17, 15) is 9.18 Å². The van der Waals surface area contributed by atoms with E-state index >= 15 is 0 Å². The van der Waals surface area contributed by atoms with Gasteiger partial charge in [-0.2, -0.15) is 0 Å². The van der Waals surface area contributed by atoms with Crippen LogP contribution in [-0.2, 0) is 6.42 Å². The van der Waals surface area contributed by atoms with Gasteiger partial charge in [-0.25, -0.2) is 4.39 Å². The molecule has 0 fully saturated rings. The summed E-state index contributed by atoms with van der Waals surface area (Å²) in [5.41, 5.74) is 1.17. The van der Waals surface area contributed by atoms with Crippen LogP contribution in [0.2, 0.25) is 0 Å². The summed E-state index contributed by atoms with van der Waals surface area (Å²) in [6.07, 6.45) is 0.717. The highest BCUT2D eigenvalue weighted by molar-refractivity contribution is 5.97. The molecule has 0 N–H and O–H groups in total. The summed E-state index contributed by atoms with van der Waals surface area (Å²) in [6, 6.07) is 14.3. The van der Waals surface area contributed by atoms with Crippen molar-refractivity contribution in [3.8, 4) is 5.75 Å². The minimum Gasteiger partial charge on any atom is -0.492 e. The monoisotopic (exact) mass is 258 g/mol. The van der Waals surface area contributed by atoms with Gasteiger partial charge in [0.15, 0.2) is 5.78 Å². The maximum absolute atomic E-state index is 13.6. The lowest BCUT2D eigenvalue weighted by Crippen LogP contribution is -2.07. The van der Waals surface area contributed by atoms with E-state index in [4.69, 9.17) is 4.74 Å². The highest BCUT2D eigenvalue weighted by Crippen LogP contribution is 2.22. The van der Waals surface area contributed by atoms with Gasteiger partial charge in [-0.15, -0.1) is 0 Å². The summed E-state index contributed by atoms with van der Waals surface area (Å²) in [5, 5.41) is 0. The van der Waals surface area contributed by atoms with Crippen LogP contribution in [-0.4, -0.2) is 12.4 Å². The van der Waals surface area contributed by atoms with Crippen LogP contribution in [0, 0.1) is 5.82 Å². The van der Waals surface area contributed by atoms with E-state index in [2.05, 4.69) is 0 Å². The number of benzene rings is 2. The smallest absolute Gasteiger partial charge is 0.166 e. The third-order valence-corrected chi connectivity index (χ3v) is 2.82. The quantitative estimate of drug-likeness (QED) is 0.765. The van der Waals surface area contributed by atoms with E-state index in [1.54, 1.807) is 12.1 Å². The molecule has 0 atom stereocenters. The van der Waals surface area contributed by atoms with Crippen molar-refractivity contribution in [3.63, 3.8) is 0 Å². The number of Topliss-reactive ketones (excluding diaryl/α,β-unsaturated/α-hetero) is 1. The van der Waals surface area contributed by atoms with Gasteiger partial charge in [0.2, 0.25) is 0 Å². The Morgan fingerprint density at radius 2 is 1.84 bits per heavy atom. The second-order valence-electron chi connectivity index (χ2n) is 4.25. The Morgan fingerprint density at radius 3 is 2.53 bits per heavy atom. The van der Waals surface area contributed by atoms with Crippen molar-refractivity contribution < 1.29 is 13.9 Å². The first-order valence-electron chi connectivity index (χ1n) is 6.14. The summed E-state index contributed by atoms with van der Waals surface area (Å²) < 4.78 is 19.1. The Hall–Kier alpha value is -2.16. The van der Waals surface area contributed by atoms with Gasteiger partial charge in [-0.3, -0.25) is 4.79 Å². The zero-order valence-corrected chi connectivity index (χ0v) is 10.7. The van der Waals surface area contributed by atoms with Crippen LogP contribution in [0.1, 0.15) is 22.8 Å². The minimum absolute atomic E-state index is 0.0237. The molecule has 0 heterocycles. The Kier molecular flexibility index (Phi) is 4.29. The van der Waals surface area contributed by atoms with Gasteiger partial charge < -0.3 is 4.74 Å². The standard InChI is InChI=1S/C16H15FO2/c1-12(18)16-14(17)8-5-9-15(16)19-11-10-13-6-3-2-4-7-13/h2-9H,10-11H2,1H3. The van der Waals surface area contributed by atoms with Crippen LogP contribution >= 0.6 is 0 Å². The molecule has 98 valence electrons. The van der Waals surface area contributed by atoms with E-state index in [1.807, 2.05) is 30.3 Å². The van der Waals surface area contributed by atoms with Crippen LogP contribution in [0.3, 0.4) is 0 Å². The lowest BCUT2D eigenvalue weighted by Gasteiger charge is -2.10. The van der Waals surface area contributed by atoms with Gasteiger partial charge in [0.05, 0.1) is 12.2 Å². The molecule has 0 aromatic heterocycles. The molecule has 0 aliphatic carbocycles. The number of ketones is 1. The zero-order valence-electron chi connectivity index (χ0n) is 10.7. The molecule has 3 heteroatoms. The maximum atomic E-state index is 13.6. The molecular formula is C16H15FO2. The van der Waals surface area contributed by atoms with Gasteiger partial charge >= 0.3 is 0 Å². The molecule has 2 nitrogen and oxygen atoms in total. The average Bonchev–Trinajstić information content (AvgIpc) is 2.39. The summed E-state index contributed by atoms with van der Waals surface area (Å²) in [7, 11) is 0. The molecule has 2 aromatic rings. The summed E-state index contributed by atoms with van der Waals surface area (Å²) >= 11 is 0. The van der Waals surface area contributed by atoms with Crippen LogP contribution < -0.4 is 4.74 Å². The molecule has 0 unspecified atom stereocenters. The number of ether oxygens (including phenoxy) is 1. The van der Waals surface area contributed by atoms with Crippen LogP contribution in [0.5, 0.6) is 5.75 Å².